The van der Waals surface area contributed by atoms with Crippen molar-refractivity contribution in [2.45, 2.75) is 97.3 Å². The van der Waals surface area contributed by atoms with E-state index in [1.165, 1.54) is 77.0 Å². The van der Waals surface area contributed by atoms with Crippen LogP contribution in [0.1, 0.15) is 97.3 Å². The van der Waals surface area contributed by atoms with Crippen LogP contribution in [0.25, 0.3) is 0 Å². The number of hydrogen-bond acceptors (Lipinski definition) is 0. The zero-order chi connectivity index (χ0) is 14.0. The second-order valence-electron chi connectivity index (χ2n) is 5.58. The summed E-state index contributed by atoms with van der Waals surface area (Å²) in [6.07, 6.45) is 27.0. The molecule has 0 nitrogen and oxygen atoms in total. The van der Waals surface area contributed by atoms with Gasteiger partial charge in [0.1, 0.15) is 0 Å². The average molecular weight is 264 g/mol. The molecule has 0 aromatic carbocycles. The van der Waals surface area contributed by atoms with Crippen LogP contribution in [0.3, 0.4) is 0 Å². The topological polar surface area (TPSA) is 0 Å². The maximum Gasteiger partial charge on any atom is -0.0169 e. The Bertz CT molecular complexity index is 200. The lowest BCUT2D eigenvalue weighted by molar-refractivity contribution is 0.592. The molecular weight excluding hydrogens is 228 g/mol. The molecule has 0 aromatic heterocycles. The van der Waals surface area contributed by atoms with E-state index in [9.17, 15) is 0 Å². The highest BCUT2D eigenvalue weighted by molar-refractivity contribution is 4.92. The summed E-state index contributed by atoms with van der Waals surface area (Å²) < 4.78 is 0. The van der Waals surface area contributed by atoms with E-state index >= 15 is 0 Å². The van der Waals surface area contributed by atoms with Crippen LogP contribution in [0.15, 0.2) is 24.3 Å². The molecule has 0 spiro atoms. The summed E-state index contributed by atoms with van der Waals surface area (Å²) in [5, 5.41) is 0. The Balaban J connectivity index is 3.12. The molecule has 0 N–H and O–H groups in total. The minimum absolute atomic E-state index is 1.13. The Morgan fingerprint density at radius 1 is 0.474 bits per heavy atom. The third-order valence-electron chi connectivity index (χ3n) is 3.55. The molecule has 0 aliphatic rings. The predicted octanol–water partition coefficient (Wildman–Crippen LogP) is 7.21. The third kappa shape index (κ3) is 17.5. The lowest BCUT2D eigenvalue weighted by Gasteiger charge is -1.98. The molecule has 0 saturated carbocycles. The Labute approximate surface area is 122 Å². The summed E-state index contributed by atoms with van der Waals surface area (Å²) in [7, 11) is 0. The molecule has 0 aliphatic heterocycles. The first-order chi connectivity index (χ1) is 9.41. The Morgan fingerprint density at radius 3 is 1.47 bits per heavy atom. The summed E-state index contributed by atoms with van der Waals surface area (Å²) in [5.41, 5.74) is 0. The van der Waals surface area contributed by atoms with E-state index in [-0.39, 0.29) is 0 Å². The Hall–Kier alpha value is -0.520. The van der Waals surface area contributed by atoms with Crippen molar-refractivity contribution in [2.24, 2.45) is 0 Å². The minimum Gasteiger partial charge on any atom is -0.0882 e. The van der Waals surface area contributed by atoms with Crippen molar-refractivity contribution in [2.75, 3.05) is 0 Å². The fourth-order valence-corrected chi connectivity index (χ4v) is 2.24. The second-order valence-corrected chi connectivity index (χ2v) is 5.58. The van der Waals surface area contributed by atoms with Crippen LogP contribution in [0, 0.1) is 0 Å². The molecular formula is C19H36. The van der Waals surface area contributed by atoms with Crippen molar-refractivity contribution in [3.63, 3.8) is 0 Å². The quantitative estimate of drug-likeness (QED) is 0.230. The maximum atomic E-state index is 2.36. The van der Waals surface area contributed by atoms with E-state index in [1.54, 1.807) is 0 Å². The third-order valence-corrected chi connectivity index (χ3v) is 3.55. The molecule has 0 aromatic rings. The number of hydrogen-bond donors (Lipinski definition) is 0. The van der Waals surface area contributed by atoms with Crippen molar-refractivity contribution < 1.29 is 0 Å². The van der Waals surface area contributed by atoms with Gasteiger partial charge < -0.3 is 0 Å². The predicted molar refractivity (Wildman–Crippen MR) is 89.6 cm³/mol. The van der Waals surface area contributed by atoms with E-state index in [2.05, 4.69) is 38.2 Å². The van der Waals surface area contributed by atoms with Gasteiger partial charge in [-0.3, -0.25) is 0 Å². The van der Waals surface area contributed by atoms with Gasteiger partial charge >= 0.3 is 0 Å². The molecule has 0 amide bonds. The molecule has 0 aliphatic carbocycles. The zero-order valence-corrected chi connectivity index (χ0v) is 13.5. The van der Waals surface area contributed by atoms with Gasteiger partial charge in [0.15, 0.2) is 0 Å². The normalized spacial score (nSPS) is 11.9. The fraction of sp³-hybridized carbons (Fsp3) is 0.789. The first-order valence-electron chi connectivity index (χ1n) is 8.71. The van der Waals surface area contributed by atoms with Crippen LogP contribution in [0.5, 0.6) is 0 Å². The summed E-state index contributed by atoms with van der Waals surface area (Å²) in [6.45, 7) is 4.54. The number of rotatable bonds is 14. The molecule has 0 heterocycles. The first-order valence-corrected chi connectivity index (χ1v) is 8.71. The smallest absolute Gasteiger partial charge is 0.0169 e. The van der Waals surface area contributed by atoms with Crippen molar-refractivity contribution >= 4 is 0 Å². The monoisotopic (exact) mass is 264 g/mol. The summed E-state index contributed by atoms with van der Waals surface area (Å²) >= 11 is 0. The van der Waals surface area contributed by atoms with E-state index in [1.807, 2.05) is 0 Å². The average Bonchev–Trinajstić information content (AvgIpc) is 2.43. The number of unbranched alkanes of at least 4 members (excludes halogenated alkanes) is 10. The van der Waals surface area contributed by atoms with Gasteiger partial charge in [0.2, 0.25) is 0 Å². The molecule has 0 bridgehead atoms. The van der Waals surface area contributed by atoms with Gasteiger partial charge in [-0.25, -0.2) is 0 Å². The molecule has 0 radical (unpaired) electrons. The van der Waals surface area contributed by atoms with Gasteiger partial charge in [-0.15, -0.1) is 0 Å². The largest absolute Gasteiger partial charge is 0.0882 e. The molecule has 0 saturated heterocycles. The SMILES string of the molecule is CCCCC/C=C/C/C=C\CCCCCCCCC. The Kier molecular flexibility index (Phi) is 17.0. The van der Waals surface area contributed by atoms with Gasteiger partial charge in [-0.1, -0.05) is 89.5 Å². The first kappa shape index (κ1) is 18.5. The van der Waals surface area contributed by atoms with Crippen LogP contribution in [-0.2, 0) is 0 Å². The highest BCUT2D eigenvalue weighted by atomic mass is 14.0. The molecule has 0 heteroatoms. The van der Waals surface area contributed by atoms with Crippen molar-refractivity contribution in [1.29, 1.82) is 0 Å². The highest BCUT2D eigenvalue weighted by Crippen LogP contribution is 2.08. The van der Waals surface area contributed by atoms with E-state index in [0.29, 0.717) is 0 Å². The minimum atomic E-state index is 1.13. The summed E-state index contributed by atoms with van der Waals surface area (Å²) in [5.74, 6) is 0. The van der Waals surface area contributed by atoms with Crippen LogP contribution < -0.4 is 0 Å². The number of allylic oxidation sites excluding steroid dienone is 4. The van der Waals surface area contributed by atoms with Crippen molar-refractivity contribution in [3.05, 3.63) is 24.3 Å². The van der Waals surface area contributed by atoms with Crippen molar-refractivity contribution in [3.8, 4) is 0 Å². The molecule has 112 valence electrons. The second kappa shape index (κ2) is 17.5. The molecule has 0 fully saturated rings. The Morgan fingerprint density at radius 2 is 0.895 bits per heavy atom. The van der Waals surface area contributed by atoms with Gasteiger partial charge in [-0.05, 0) is 32.1 Å². The molecule has 19 heavy (non-hydrogen) atoms. The lowest BCUT2D eigenvalue weighted by Crippen LogP contribution is -1.78. The van der Waals surface area contributed by atoms with E-state index in [4.69, 9.17) is 0 Å². The van der Waals surface area contributed by atoms with Gasteiger partial charge in [0.05, 0.1) is 0 Å². The van der Waals surface area contributed by atoms with Gasteiger partial charge in [-0.2, -0.15) is 0 Å². The zero-order valence-electron chi connectivity index (χ0n) is 13.5. The lowest BCUT2D eigenvalue weighted by atomic mass is 10.1. The fourth-order valence-electron chi connectivity index (χ4n) is 2.24. The standard InChI is InChI=1S/C19H36/c1-3-5-7-9-11-13-15-17-19-18-16-14-12-10-8-6-4-2/h11,13,17,19H,3-10,12,14-16,18H2,1-2H3/b13-11+,19-17-. The van der Waals surface area contributed by atoms with Crippen LogP contribution in [-0.4, -0.2) is 0 Å². The van der Waals surface area contributed by atoms with E-state index < -0.39 is 0 Å². The van der Waals surface area contributed by atoms with Crippen LogP contribution >= 0.6 is 0 Å². The highest BCUT2D eigenvalue weighted by Gasteiger charge is 1.89. The maximum absolute atomic E-state index is 2.36. The summed E-state index contributed by atoms with van der Waals surface area (Å²) in [6, 6.07) is 0. The summed E-state index contributed by atoms with van der Waals surface area (Å²) in [4.78, 5) is 0. The van der Waals surface area contributed by atoms with Gasteiger partial charge in [0.25, 0.3) is 0 Å². The molecule has 0 rings (SSSR count). The van der Waals surface area contributed by atoms with Crippen LogP contribution in [0.2, 0.25) is 0 Å². The van der Waals surface area contributed by atoms with Crippen LogP contribution in [0.4, 0.5) is 0 Å². The molecule has 0 atom stereocenters. The van der Waals surface area contributed by atoms with Gasteiger partial charge in [0, 0.05) is 0 Å². The van der Waals surface area contributed by atoms with Crippen molar-refractivity contribution in [1.82, 2.24) is 0 Å². The van der Waals surface area contributed by atoms with E-state index in [0.717, 1.165) is 6.42 Å². The molecule has 0 unspecified atom stereocenters.